The number of halogens is 3. The Labute approximate surface area is 151 Å². The second-order valence-corrected chi connectivity index (χ2v) is 6.97. The number of amides is 1. The van der Waals surface area contributed by atoms with Crippen LogP contribution in [-0.2, 0) is 6.18 Å². The van der Waals surface area contributed by atoms with Gasteiger partial charge in [0.05, 0.1) is 16.9 Å². The van der Waals surface area contributed by atoms with Crippen LogP contribution >= 0.6 is 11.3 Å². The van der Waals surface area contributed by atoms with Gasteiger partial charge >= 0.3 is 6.18 Å². The monoisotopic (exact) mass is 379 g/mol. The topological polar surface area (TPSA) is 68.0 Å². The van der Waals surface area contributed by atoms with E-state index in [1.807, 2.05) is 20.8 Å². The minimum atomic E-state index is -4.57. The van der Waals surface area contributed by atoms with Crippen molar-refractivity contribution in [3.8, 4) is 0 Å². The van der Waals surface area contributed by atoms with Gasteiger partial charge < -0.3 is 11.1 Å². The highest BCUT2D eigenvalue weighted by atomic mass is 32.1. The molecule has 3 aromatic rings. The van der Waals surface area contributed by atoms with Gasteiger partial charge in [-0.3, -0.25) is 4.79 Å². The van der Waals surface area contributed by atoms with E-state index in [-0.39, 0.29) is 16.3 Å². The number of alkyl halides is 3. The summed E-state index contributed by atoms with van der Waals surface area (Å²) >= 11 is 1.07. The molecule has 0 spiro atoms. The fourth-order valence-corrected chi connectivity index (χ4v) is 3.85. The third-order valence-electron chi connectivity index (χ3n) is 4.36. The molecule has 0 saturated heterocycles. The molecule has 0 radical (unpaired) electrons. The van der Waals surface area contributed by atoms with Gasteiger partial charge in [0.25, 0.3) is 5.91 Å². The van der Waals surface area contributed by atoms with Gasteiger partial charge in [0.15, 0.2) is 0 Å². The Kier molecular flexibility index (Phi) is 4.39. The van der Waals surface area contributed by atoms with E-state index in [0.717, 1.165) is 34.2 Å². The maximum absolute atomic E-state index is 13.1. The Hall–Kier alpha value is -2.61. The molecular weight excluding hydrogens is 363 g/mol. The number of pyridine rings is 1. The molecule has 0 aliphatic rings. The zero-order valence-electron chi connectivity index (χ0n) is 14.3. The van der Waals surface area contributed by atoms with Crippen molar-refractivity contribution in [2.75, 3.05) is 11.1 Å². The standard InChI is InChI=1S/C18H16F3N3OS/c1-8-9(2)13-14(22)15(26-17(13)23-10(8)3)16(25)24-12-7-5-4-6-11(12)18(19,20)21/h4-7H,22H2,1-3H3,(H,24,25). The average Bonchev–Trinajstić information content (AvgIpc) is 2.89. The first-order chi connectivity index (χ1) is 12.1. The molecule has 2 heterocycles. The molecule has 2 aromatic heterocycles. The van der Waals surface area contributed by atoms with Gasteiger partial charge in [0, 0.05) is 11.1 Å². The van der Waals surface area contributed by atoms with Crippen LogP contribution in [0.25, 0.3) is 10.2 Å². The fourth-order valence-electron chi connectivity index (χ4n) is 2.75. The van der Waals surface area contributed by atoms with Crippen LogP contribution < -0.4 is 11.1 Å². The maximum Gasteiger partial charge on any atom is 0.418 e. The summed E-state index contributed by atoms with van der Waals surface area (Å²) in [6.07, 6.45) is -4.57. The lowest BCUT2D eigenvalue weighted by Gasteiger charge is -2.13. The van der Waals surface area contributed by atoms with Crippen LogP contribution in [0.2, 0.25) is 0 Å². The van der Waals surface area contributed by atoms with Crippen molar-refractivity contribution in [2.45, 2.75) is 26.9 Å². The summed E-state index contributed by atoms with van der Waals surface area (Å²) in [6.45, 7) is 5.65. The predicted molar refractivity (Wildman–Crippen MR) is 97.6 cm³/mol. The first kappa shape index (κ1) is 18.2. The highest BCUT2D eigenvalue weighted by Crippen LogP contribution is 2.38. The number of nitrogens with two attached hydrogens (primary N) is 1. The van der Waals surface area contributed by atoms with Crippen LogP contribution in [0.5, 0.6) is 0 Å². The van der Waals surface area contributed by atoms with E-state index >= 15 is 0 Å². The number of anilines is 2. The number of aryl methyl sites for hydroxylation is 2. The van der Waals surface area contributed by atoms with Crippen molar-refractivity contribution in [3.05, 3.63) is 51.5 Å². The number of hydrogen-bond donors (Lipinski definition) is 2. The molecule has 0 aliphatic carbocycles. The summed E-state index contributed by atoms with van der Waals surface area (Å²) in [7, 11) is 0. The summed E-state index contributed by atoms with van der Waals surface area (Å²) in [6, 6.07) is 4.83. The molecule has 3 N–H and O–H groups in total. The number of rotatable bonds is 2. The summed E-state index contributed by atoms with van der Waals surface area (Å²) in [5.74, 6) is -0.683. The number of carbonyl (C=O) groups is 1. The maximum atomic E-state index is 13.1. The van der Waals surface area contributed by atoms with Gasteiger partial charge in [0.1, 0.15) is 9.71 Å². The molecule has 0 saturated carbocycles. The van der Waals surface area contributed by atoms with E-state index in [4.69, 9.17) is 5.73 Å². The number of thiophene rings is 1. The van der Waals surface area contributed by atoms with Crippen LogP contribution in [0.1, 0.15) is 32.1 Å². The fraction of sp³-hybridized carbons (Fsp3) is 0.222. The van der Waals surface area contributed by atoms with Crippen molar-refractivity contribution in [3.63, 3.8) is 0 Å². The van der Waals surface area contributed by atoms with Gasteiger partial charge in [-0.25, -0.2) is 4.98 Å². The summed E-state index contributed by atoms with van der Waals surface area (Å²) in [4.78, 5) is 17.8. The lowest BCUT2D eigenvalue weighted by molar-refractivity contribution is -0.136. The Bertz CT molecular complexity index is 1020. The van der Waals surface area contributed by atoms with Crippen LogP contribution in [0.4, 0.5) is 24.5 Å². The van der Waals surface area contributed by atoms with Crippen molar-refractivity contribution in [2.24, 2.45) is 0 Å². The normalized spacial score (nSPS) is 11.8. The lowest BCUT2D eigenvalue weighted by atomic mass is 10.1. The second kappa shape index (κ2) is 6.28. The van der Waals surface area contributed by atoms with Crippen molar-refractivity contribution in [1.29, 1.82) is 0 Å². The molecule has 26 heavy (non-hydrogen) atoms. The molecule has 0 aliphatic heterocycles. The van der Waals surface area contributed by atoms with Crippen LogP contribution in [-0.4, -0.2) is 10.9 Å². The van der Waals surface area contributed by atoms with E-state index in [2.05, 4.69) is 10.3 Å². The van der Waals surface area contributed by atoms with Gasteiger partial charge in [-0.1, -0.05) is 12.1 Å². The molecule has 0 unspecified atom stereocenters. The molecule has 0 atom stereocenters. The van der Waals surface area contributed by atoms with Crippen LogP contribution in [0.15, 0.2) is 24.3 Å². The summed E-state index contributed by atoms with van der Waals surface area (Å²) in [5, 5.41) is 3.00. The van der Waals surface area contributed by atoms with E-state index in [0.29, 0.717) is 10.2 Å². The highest BCUT2D eigenvalue weighted by molar-refractivity contribution is 7.21. The smallest absolute Gasteiger partial charge is 0.397 e. The molecule has 1 amide bonds. The zero-order chi connectivity index (χ0) is 19.2. The quantitative estimate of drug-likeness (QED) is 0.653. The third-order valence-corrected chi connectivity index (χ3v) is 5.46. The molecule has 8 heteroatoms. The van der Waals surface area contributed by atoms with Crippen LogP contribution in [0, 0.1) is 20.8 Å². The Balaban J connectivity index is 2.05. The highest BCUT2D eigenvalue weighted by Gasteiger charge is 2.34. The van der Waals surface area contributed by atoms with Crippen molar-refractivity contribution < 1.29 is 18.0 Å². The van der Waals surface area contributed by atoms with E-state index in [1.165, 1.54) is 18.2 Å². The summed E-state index contributed by atoms with van der Waals surface area (Å²) in [5.41, 5.74) is 7.85. The predicted octanol–water partition coefficient (Wildman–Crippen LogP) is 5.07. The number of nitrogens with one attached hydrogen (secondary N) is 1. The molecule has 0 fully saturated rings. The Morgan fingerprint density at radius 3 is 2.46 bits per heavy atom. The van der Waals surface area contributed by atoms with Gasteiger partial charge in [-0.05, 0) is 44.0 Å². The second-order valence-electron chi connectivity index (χ2n) is 5.97. The number of aromatic nitrogens is 1. The molecule has 0 bridgehead atoms. The lowest BCUT2D eigenvalue weighted by Crippen LogP contribution is -2.16. The van der Waals surface area contributed by atoms with Crippen molar-refractivity contribution >= 4 is 38.8 Å². The SMILES string of the molecule is Cc1nc2sc(C(=O)Nc3ccccc3C(F)(F)F)c(N)c2c(C)c1C. The Morgan fingerprint density at radius 1 is 1.15 bits per heavy atom. The minimum Gasteiger partial charge on any atom is -0.397 e. The number of hydrogen-bond acceptors (Lipinski definition) is 4. The summed E-state index contributed by atoms with van der Waals surface area (Å²) < 4.78 is 39.3. The average molecular weight is 379 g/mol. The Morgan fingerprint density at radius 2 is 1.81 bits per heavy atom. The number of benzene rings is 1. The third kappa shape index (κ3) is 3.01. The molecule has 136 valence electrons. The number of fused-ring (bicyclic) bond motifs is 1. The van der Waals surface area contributed by atoms with E-state index in [9.17, 15) is 18.0 Å². The van der Waals surface area contributed by atoms with Crippen molar-refractivity contribution in [1.82, 2.24) is 4.98 Å². The molecule has 3 rings (SSSR count). The van der Waals surface area contributed by atoms with E-state index in [1.54, 1.807) is 0 Å². The molecule has 4 nitrogen and oxygen atoms in total. The minimum absolute atomic E-state index is 0.151. The van der Waals surface area contributed by atoms with Gasteiger partial charge in [0.2, 0.25) is 0 Å². The van der Waals surface area contributed by atoms with Gasteiger partial charge in [-0.15, -0.1) is 11.3 Å². The number of para-hydroxylation sites is 1. The first-order valence-corrected chi connectivity index (χ1v) is 8.56. The molecule has 1 aromatic carbocycles. The molecular formula is C18H16F3N3OS. The van der Waals surface area contributed by atoms with Crippen LogP contribution in [0.3, 0.4) is 0 Å². The number of nitrogen functional groups attached to an aromatic ring is 1. The number of nitrogens with zero attached hydrogens (tertiary/aromatic N) is 1. The largest absolute Gasteiger partial charge is 0.418 e. The first-order valence-electron chi connectivity index (χ1n) is 7.74. The zero-order valence-corrected chi connectivity index (χ0v) is 15.1. The van der Waals surface area contributed by atoms with E-state index < -0.39 is 17.6 Å². The number of carbonyl (C=O) groups excluding carboxylic acids is 1. The van der Waals surface area contributed by atoms with Gasteiger partial charge in [-0.2, -0.15) is 13.2 Å².